The maximum absolute atomic E-state index is 11.2. The largest absolute Gasteiger partial charge is 0.308 e. The number of nitriles is 1. The zero-order valence-corrected chi connectivity index (χ0v) is 41.3. The van der Waals surface area contributed by atoms with Crippen molar-refractivity contribution < 1.29 is 0 Å². The summed E-state index contributed by atoms with van der Waals surface area (Å²) in [6.07, 6.45) is 7.88. The van der Waals surface area contributed by atoms with Gasteiger partial charge in [-0.3, -0.25) is 0 Å². The normalized spacial score (nSPS) is 14.7. The van der Waals surface area contributed by atoms with Crippen LogP contribution in [0, 0.1) is 45.9 Å². The molecule has 0 N–H and O–H groups in total. The molecule has 1 unspecified atom stereocenters. The van der Waals surface area contributed by atoms with E-state index in [1.165, 1.54) is 33.4 Å². The third kappa shape index (κ3) is 7.55. The van der Waals surface area contributed by atoms with Gasteiger partial charge in [-0.15, -0.1) is 0 Å². The van der Waals surface area contributed by atoms with Crippen molar-refractivity contribution in [1.82, 2.24) is 19.1 Å². The molecule has 3 heterocycles. The molecule has 0 spiro atoms. The highest BCUT2D eigenvalue weighted by Crippen LogP contribution is 2.46. The molecule has 0 saturated carbocycles. The van der Waals surface area contributed by atoms with Crippen LogP contribution in [0.1, 0.15) is 59.6 Å². The minimum Gasteiger partial charge on any atom is -0.308 e. The minimum absolute atomic E-state index is 0.166. The topological polar surface area (TPSA) is 59.4 Å². The SMILES string of the molecule is CC1=CCC(C)(c2ccc3c(c2)c2cc(-c4ccc(C)cc4)ccc2n3-c2cc(C#N)cc(-n3c4ccc(-c5ccc(C)cc5)cc4c4cc(-c5ccc(C)cc5)ccc43)c2-c2cc(C)nc(C)n2)C=C1. The van der Waals surface area contributed by atoms with Crippen molar-refractivity contribution in [3.05, 3.63) is 227 Å². The Morgan fingerprint density at radius 1 is 0.479 bits per heavy atom. The predicted octanol–water partition coefficient (Wildman–Crippen LogP) is 16.9. The highest BCUT2D eigenvalue weighted by Gasteiger charge is 2.28. The summed E-state index contributed by atoms with van der Waals surface area (Å²) >= 11 is 0. The lowest BCUT2D eigenvalue weighted by Gasteiger charge is -2.28. The molecule has 1 aliphatic carbocycles. The fourth-order valence-corrected chi connectivity index (χ4v) is 10.9. The molecule has 0 bridgehead atoms. The van der Waals surface area contributed by atoms with E-state index in [1.54, 1.807) is 0 Å². The van der Waals surface area contributed by atoms with Crippen molar-refractivity contribution in [2.75, 3.05) is 0 Å². The molecule has 342 valence electrons. The van der Waals surface area contributed by atoms with Crippen LogP contribution in [0.3, 0.4) is 0 Å². The molecule has 0 aliphatic heterocycles. The molecule has 0 fully saturated rings. The second-order valence-electron chi connectivity index (χ2n) is 20.0. The second-order valence-corrected chi connectivity index (χ2v) is 20.0. The van der Waals surface area contributed by atoms with Gasteiger partial charge in [0.15, 0.2) is 0 Å². The summed E-state index contributed by atoms with van der Waals surface area (Å²) in [7, 11) is 0. The van der Waals surface area contributed by atoms with Crippen molar-refractivity contribution in [1.29, 1.82) is 5.26 Å². The summed E-state index contributed by atoms with van der Waals surface area (Å²) in [6.45, 7) is 14.9. The average Bonchev–Trinajstić information content (AvgIpc) is 3.88. The highest BCUT2D eigenvalue weighted by molar-refractivity contribution is 6.14. The molecule has 0 saturated heterocycles. The second kappa shape index (κ2) is 16.8. The molecule has 1 atom stereocenters. The zero-order valence-electron chi connectivity index (χ0n) is 41.3. The Kier molecular flexibility index (Phi) is 10.3. The molecule has 12 rings (SSSR count). The van der Waals surface area contributed by atoms with Gasteiger partial charge in [0, 0.05) is 38.2 Å². The first-order valence-electron chi connectivity index (χ1n) is 24.6. The quantitative estimate of drug-likeness (QED) is 0.160. The van der Waals surface area contributed by atoms with E-state index in [-0.39, 0.29) is 5.41 Å². The van der Waals surface area contributed by atoms with Gasteiger partial charge in [0.25, 0.3) is 0 Å². The first kappa shape index (κ1) is 43.7. The number of hydrogen-bond donors (Lipinski definition) is 0. The van der Waals surface area contributed by atoms with E-state index in [4.69, 9.17) is 9.97 Å². The van der Waals surface area contributed by atoms with Crippen molar-refractivity contribution in [3.8, 4) is 62.1 Å². The van der Waals surface area contributed by atoms with Crippen LogP contribution < -0.4 is 0 Å². The van der Waals surface area contributed by atoms with E-state index < -0.39 is 0 Å². The van der Waals surface area contributed by atoms with Crippen LogP contribution in [0.2, 0.25) is 0 Å². The van der Waals surface area contributed by atoms with Crippen molar-refractivity contribution in [2.24, 2.45) is 0 Å². The number of aromatic nitrogens is 4. The molecule has 8 aromatic carbocycles. The van der Waals surface area contributed by atoms with Crippen LogP contribution in [-0.4, -0.2) is 19.1 Å². The number of allylic oxidation sites excluding steroid dienone is 4. The van der Waals surface area contributed by atoms with Gasteiger partial charge in [0.1, 0.15) is 5.82 Å². The monoisotopic (exact) mass is 915 g/mol. The van der Waals surface area contributed by atoms with Crippen molar-refractivity contribution >= 4 is 43.6 Å². The van der Waals surface area contributed by atoms with Crippen LogP contribution in [-0.2, 0) is 5.41 Å². The van der Waals surface area contributed by atoms with E-state index >= 15 is 0 Å². The van der Waals surface area contributed by atoms with Gasteiger partial charge >= 0.3 is 0 Å². The summed E-state index contributed by atoms with van der Waals surface area (Å²) in [6, 6.07) is 62.6. The molecule has 1 aliphatic rings. The van der Waals surface area contributed by atoms with E-state index in [0.717, 1.165) is 106 Å². The third-order valence-electron chi connectivity index (χ3n) is 14.8. The van der Waals surface area contributed by atoms with E-state index in [9.17, 15) is 5.26 Å². The fraction of sp³-hybridized carbons (Fsp3) is 0.136. The van der Waals surface area contributed by atoms with Gasteiger partial charge in [-0.25, -0.2) is 9.97 Å². The standard InChI is InChI=1S/C66H53N5/c1-40-8-14-47(15-9-40)50-20-24-59-54(35-50)55-36-51(48-16-10-41(2)11-17-48)21-25-60(55)70(59)63-33-46(39-67)34-64(65(63)58-32-44(5)68-45(6)69-58)71-61-26-22-52(49-18-12-42(3)13-19-49)37-56(61)57-38-53(23-27-62(57)71)66(7)30-28-43(4)29-31-66/h8-30,32-38H,31H2,1-7H3. The Hall–Kier alpha value is -8.59. The minimum atomic E-state index is -0.166. The smallest absolute Gasteiger partial charge is 0.126 e. The van der Waals surface area contributed by atoms with Gasteiger partial charge in [-0.1, -0.05) is 144 Å². The lowest BCUT2D eigenvalue weighted by Crippen LogP contribution is -2.20. The fourth-order valence-electron chi connectivity index (χ4n) is 10.9. The first-order valence-corrected chi connectivity index (χ1v) is 24.6. The average molecular weight is 916 g/mol. The Bertz CT molecular complexity index is 3950. The predicted molar refractivity (Wildman–Crippen MR) is 296 cm³/mol. The van der Waals surface area contributed by atoms with Gasteiger partial charge < -0.3 is 9.13 Å². The molecule has 0 amide bonds. The Balaban J connectivity index is 1.19. The summed E-state index contributed by atoms with van der Waals surface area (Å²) in [4.78, 5) is 10.0. The number of fused-ring (bicyclic) bond motifs is 6. The number of aryl methyl sites for hydroxylation is 5. The van der Waals surface area contributed by atoms with Gasteiger partial charge in [0.2, 0.25) is 0 Å². The maximum atomic E-state index is 11.2. The van der Waals surface area contributed by atoms with Crippen molar-refractivity contribution in [2.45, 2.75) is 60.3 Å². The Labute approximate surface area is 415 Å². The van der Waals surface area contributed by atoms with Crippen LogP contribution in [0.15, 0.2) is 188 Å². The molecule has 5 nitrogen and oxygen atoms in total. The van der Waals surface area contributed by atoms with Gasteiger partial charge in [-0.2, -0.15) is 5.26 Å². The molecule has 71 heavy (non-hydrogen) atoms. The summed E-state index contributed by atoms with van der Waals surface area (Å²) in [5, 5.41) is 15.7. The summed E-state index contributed by atoms with van der Waals surface area (Å²) in [5.41, 5.74) is 22.0. The van der Waals surface area contributed by atoms with Crippen LogP contribution in [0.25, 0.3) is 99.6 Å². The van der Waals surface area contributed by atoms with E-state index in [2.05, 4.69) is 232 Å². The van der Waals surface area contributed by atoms with Crippen molar-refractivity contribution in [3.63, 3.8) is 0 Å². The van der Waals surface area contributed by atoms with Crippen LogP contribution in [0.4, 0.5) is 0 Å². The van der Waals surface area contributed by atoms with Crippen LogP contribution >= 0.6 is 0 Å². The summed E-state index contributed by atoms with van der Waals surface area (Å²) < 4.78 is 4.74. The van der Waals surface area contributed by atoms with Gasteiger partial charge in [0.05, 0.1) is 50.8 Å². The molecule has 3 aromatic heterocycles. The molecular formula is C66H53N5. The molecule has 0 radical (unpaired) electrons. The van der Waals surface area contributed by atoms with Crippen LogP contribution in [0.5, 0.6) is 0 Å². The number of hydrogen-bond acceptors (Lipinski definition) is 3. The summed E-state index contributed by atoms with van der Waals surface area (Å²) in [5.74, 6) is 0.682. The number of nitrogens with zero attached hydrogens (tertiary/aromatic N) is 5. The molecular weight excluding hydrogens is 863 g/mol. The lowest BCUT2D eigenvalue weighted by atomic mass is 9.76. The van der Waals surface area contributed by atoms with E-state index in [0.29, 0.717) is 11.4 Å². The molecule has 5 heteroatoms. The molecule has 11 aromatic rings. The lowest BCUT2D eigenvalue weighted by molar-refractivity contribution is 0.597. The maximum Gasteiger partial charge on any atom is 0.126 e. The zero-order chi connectivity index (χ0) is 48.7. The van der Waals surface area contributed by atoms with E-state index in [1.807, 2.05) is 13.8 Å². The first-order chi connectivity index (χ1) is 34.4. The van der Waals surface area contributed by atoms with Gasteiger partial charge in [-0.05, 0) is 154 Å². The Morgan fingerprint density at radius 3 is 1.31 bits per heavy atom. The highest BCUT2D eigenvalue weighted by atomic mass is 15.0. The Morgan fingerprint density at radius 2 is 0.901 bits per heavy atom. The number of rotatable bonds is 7. The number of benzene rings is 8. The third-order valence-corrected chi connectivity index (χ3v) is 14.8.